The van der Waals surface area contributed by atoms with E-state index in [-0.39, 0.29) is 12.3 Å². The van der Waals surface area contributed by atoms with Crippen molar-refractivity contribution < 1.29 is 9.32 Å². The SMILES string of the molecule is Cc1noc(C)c1CC(=O)NCc1cccc2ncnn12. The summed E-state index contributed by atoms with van der Waals surface area (Å²) >= 11 is 0. The third-order valence-electron chi connectivity index (χ3n) is 3.37. The standard InChI is InChI=1S/C14H15N5O2/c1-9-12(10(2)21-18-9)6-14(20)15-7-11-4-3-5-13-16-8-17-19(11)13/h3-5,8H,6-7H2,1-2H3,(H,15,20). The number of carbonyl (C=O) groups excluding carboxylic acids is 1. The lowest BCUT2D eigenvalue weighted by Gasteiger charge is -2.06. The minimum absolute atomic E-state index is 0.0819. The van der Waals surface area contributed by atoms with Crippen molar-refractivity contribution in [2.24, 2.45) is 0 Å². The van der Waals surface area contributed by atoms with Gasteiger partial charge in [-0.25, -0.2) is 9.50 Å². The summed E-state index contributed by atoms with van der Waals surface area (Å²) in [7, 11) is 0. The number of aryl methyl sites for hydroxylation is 2. The Bertz CT molecular complexity index is 770. The van der Waals surface area contributed by atoms with E-state index in [1.54, 1.807) is 11.4 Å². The van der Waals surface area contributed by atoms with E-state index >= 15 is 0 Å². The molecule has 0 unspecified atom stereocenters. The molecule has 0 saturated carbocycles. The molecule has 3 rings (SSSR count). The quantitative estimate of drug-likeness (QED) is 0.778. The first-order chi connectivity index (χ1) is 10.1. The third-order valence-corrected chi connectivity index (χ3v) is 3.37. The van der Waals surface area contributed by atoms with E-state index < -0.39 is 0 Å². The average Bonchev–Trinajstić information content (AvgIpc) is 3.07. The van der Waals surface area contributed by atoms with Crippen LogP contribution in [0.25, 0.3) is 5.65 Å². The number of aromatic nitrogens is 4. The number of hydrogen-bond acceptors (Lipinski definition) is 5. The molecule has 0 saturated heterocycles. The molecule has 0 radical (unpaired) electrons. The molecule has 0 aliphatic carbocycles. The molecule has 108 valence electrons. The summed E-state index contributed by atoms with van der Waals surface area (Å²) in [6, 6.07) is 5.65. The molecule has 0 aliphatic heterocycles. The fourth-order valence-corrected chi connectivity index (χ4v) is 2.20. The van der Waals surface area contributed by atoms with Crippen LogP contribution >= 0.6 is 0 Å². The number of amides is 1. The Labute approximate surface area is 121 Å². The van der Waals surface area contributed by atoms with Crippen LogP contribution in [-0.4, -0.2) is 25.7 Å². The average molecular weight is 285 g/mol. The van der Waals surface area contributed by atoms with Crippen LogP contribution in [0.1, 0.15) is 22.7 Å². The van der Waals surface area contributed by atoms with Crippen LogP contribution in [0.2, 0.25) is 0 Å². The number of nitrogens with zero attached hydrogens (tertiary/aromatic N) is 4. The normalized spacial score (nSPS) is 11.0. The van der Waals surface area contributed by atoms with Gasteiger partial charge in [0.2, 0.25) is 5.91 Å². The van der Waals surface area contributed by atoms with Crippen molar-refractivity contribution in [1.29, 1.82) is 0 Å². The second kappa shape index (κ2) is 5.35. The van der Waals surface area contributed by atoms with Crippen molar-refractivity contribution >= 4 is 11.6 Å². The van der Waals surface area contributed by atoms with Gasteiger partial charge in [-0.3, -0.25) is 4.79 Å². The summed E-state index contributed by atoms with van der Waals surface area (Å²) < 4.78 is 6.76. The highest BCUT2D eigenvalue weighted by atomic mass is 16.5. The smallest absolute Gasteiger partial charge is 0.224 e. The van der Waals surface area contributed by atoms with Gasteiger partial charge in [0.25, 0.3) is 0 Å². The second-order valence-electron chi connectivity index (χ2n) is 4.80. The maximum absolute atomic E-state index is 12.0. The molecule has 1 N–H and O–H groups in total. The Balaban J connectivity index is 1.68. The Kier molecular flexibility index (Phi) is 3.39. The largest absolute Gasteiger partial charge is 0.361 e. The molecule has 0 fully saturated rings. The molecular weight excluding hydrogens is 270 g/mol. The van der Waals surface area contributed by atoms with E-state index in [4.69, 9.17) is 4.52 Å². The summed E-state index contributed by atoms with van der Waals surface area (Å²) in [5, 5.41) is 10.9. The highest BCUT2D eigenvalue weighted by Crippen LogP contribution is 2.12. The zero-order chi connectivity index (χ0) is 14.8. The summed E-state index contributed by atoms with van der Waals surface area (Å²) in [6.07, 6.45) is 1.75. The molecule has 7 heteroatoms. The summed E-state index contributed by atoms with van der Waals surface area (Å²) in [6.45, 7) is 4.02. The zero-order valence-corrected chi connectivity index (χ0v) is 11.8. The first-order valence-corrected chi connectivity index (χ1v) is 6.61. The van der Waals surface area contributed by atoms with Gasteiger partial charge in [0.05, 0.1) is 24.4 Å². The molecule has 0 aromatic carbocycles. The van der Waals surface area contributed by atoms with Crippen molar-refractivity contribution in [1.82, 2.24) is 25.1 Å². The van der Waals surface area contributed by atoms with Gasteiger partial charge < -0.3 is 9.84 Å². The number of pyridine rings is 1. The van der Waals surface area contributed by atoms with Crippen LogP contribution in [0.5, 0.6) is 0 Å². The molecule has 0 atom stereocenters. The highest BCUT2D eigenvalue weighted by Gasteiger charge is 2.13. The van der Waals surface area contributed by atoms with Gasteiger partial charge in [-0.15, -0.1) is 0 Å². The van der Waals surface area contributed by atoms with Crippen molar-refractivity contribution in [3.63, 3.8) is 0 Å². The first-order valence-electron chi connectivity index (χ1n) is 6.61. The van der Waals surface area contributed by atoms with E-state index in [1.807, 2.05) is 25.1 Å². The van der Waals surface area contributed by atoms with Crippen LogP contribution < -0.4 is 5.32 Å². The van der Waals surface area contributed by atoms with E-state index in [9.17, 15) is 4.79 Å². The van der Waals surface area contributed by atoms with Crippen LogP contribution in [0.15, 0.2) is 29.0 Å². The van der Waals surface area contributed by atoms with Gasteiger partial charge in [-0.1, -0.05) is 11.2 Å². The third kappa shape index (κ3) is 2.62. The molecule has 1 amide bonds. The number of fused-ring (bicyclic) bond motifs is 1. The molecule has 21 heavy (non-hydrogen) atoms. The van der Waals surface area contributed by atoms with Gasteiger partial charge in [0, 0.05) is 5.56 Å². The van der Waals surface area contributed by atoms with Gasteiger partial charge in [0.1, 0.15) is 12.1 Å². The van der Waals surface area contributed by atoms with Gasteiger partial charge >= 0.3 is 0 Å². The molecule has 3 aromatic rings. The van der Waals surface area contributed by atoms with E-state index in [0.29, 0.717) is 12.3 Å². The zero-order valence-electron chi connectivity index (χ0n) is 11.8. The lowest BCUT2D eigenvalue weighted by atomic mass is 10.1. The van der Waals surface area contributed by atoms with Crippen LogP contribution in [-0.2, 0) is 17.8 Å². The van der Waals surface area contributed by atoms with Gasteiger partial charge in [0.15, 0.2) is 5.65 Å². The van der Waals surface area contributed by atoms with E-state index in [0.717, 1.165) is 22.6 Å². The second-order valence-corrected chi connectivity index (χ2v) is 4.80. The predicted octanol–water partition coefficient (Wildman–Crippen LogP) is 1.19. The number of nitrogens with one attached hydrogen (secondary N) is 1. The maximum Gasteiger partial charge on any atom is 0.224 e. The molecule has 0 bridgehead atoms. The molecule has 7 nitrogen and oxygen atoms in total. The predicted molar refractivity (Wildman–Crippen MR) is 74.5 cm³/mol. The van der Waals surface area contributed by atoms with Crippen molar-refractivity contribution in [2.45, 2.75) is 26.8 Å². The van der Waals surface area contributed by atoms with Crippen molar-refractivity contribution in [3.8, 4) is 0 Å². The maximum atomic E-state index is 12.0. The minimum Gasteiger partial charge on any atom is -0.361 e. The van der Waals surface area contributed by atoms with E-state index in [2.05, 4.69) is 20.6 Å². The van der Waals surface area contributed by atoms with Gasteiger partial charge in [-0.2, -0.15) is 5.10 Å². The van der Waals surface area contributed by atoms with Crippen molar-refractivity contribution in [2.75, 3.05) is 0 Å². The number of hydrogen-bond donors (Lipinski definition) is 1. The van der Waals surface area contributed by atoms with Crippen molar-refractivity contribution in [3.05, 3.63) is 47.2 Å². The van der Waals surface area contributed by atoms with Crippen LogP contribution in [0.4, 0.5) is 0 Å². The molecule has 0 spiro atoms. The van der Waals surface area contributed by atoms with Gasteiger partial charge in [-0.05, 0) is 26.0 Å². The van der Waals surface area contributed by atoms with Crippen LogP contribution in [0, 0.1) is 13.8 Å². The first kappa shape index (κ1) is 13.3. The fourth-order valence-electron chi connectivity index (χ4n) is 2.20. The Hall–Kier alpha value is -2.70. The number of rotatable bonds is 4. The Morgan fingerprint density at radius 1 is 1.38 bits per heavy atom. The lowest BCUT2D eigenvalue weighted by molar-refractivity contribution is -0.120. The molecule has 3 aromatic heterocycles. The molecule has 3 heterocycles. The number of carbonyl (C=O) groups is 1. The summed E-state index contributed by atoms with van der Waals surface area (Å²) in [5.41, 5.74) is 3.22. The highest BCUT2D eigenvalue weighted by molar-refractivity contribution is 5.78. The Morgan fingerprint density at radius 3 is 3.00 bits per heavy atom. The molecular formula is C14H15N5O2. The Morgan fingerprint density at radius 2 is 2.24 bits per heavy atom. The minimum atomic E-state index is -0.0819. The summed E-state index contributed by atoms with van der Waals surface area (Å²) in [5.74, 6) is 0.600. The lowest BCUT2D eigenvalue weighted by Crippen LogP contribution is -2.26. The van der Waals surface area contributed by atoms with Crippen LogP contribution in [0.3, 0.4) is 0 Å². The summed E-state index contributed by atoms with van der Waals surface area (Å²) in [4.78, 5) is 16.1. The molecule has 0 aliphatic rings. The van der Waals surface area contributed by atoms with E-state index in [1.165, 1.54) is 6.33 Å². The topological polar surface area (TPSA) is 85.3 Å². The fraction of sp³-hybridized carbons (Fsp3) is 0.286. The monoisotopic (exact) mass is 285 g/mol.